The monoisotopic (exact) mass is 376 g/mol. The van der Waals surface area contributed by atoms with Gasteiger partial charge in [0.25, 0.3) is 0 Å². The summed E-state index contributed by atoms with van der Waals surface area (Å²) < 4.78 is 8.14. The Morgan fingerprint density at radius 1 is 1.31 bits per heavy atom. The van der Waals surface area contributed by atoms with Crippen LogP contribution in [0.3, 0.4) is 0 Å². The molecular weight excluding hydrogens is 352 g/mol. The van der Waals surface area contributed by atoms with Crippen LogP contribution in [0.4, 0.5) is 5.95 Å². The summed E-state index contributed by atoms with van der Waals surface area (Å²) in [5.74, 6) is 0.484. The fourth-order valence-electron chi connectivity index (χ4n) is 4.00. The van der Waals surface area contributed by atoms with Crippen LogP contribution in [0.15, 0.2) is 12.1 Å². The Kier molecular flexibility index (Phi) is 4.23. The van der Waals surface area contributed by atoms with E-state index >= 15 is 0 Å². The first-order chi connectivity index (χ1) is 12.2. The van der Waals surface area contributed by atoms with Crippen molar-refractivity contribution >= 4 is 34.6 Å². The van der Waals surface area contributed by atoms with Crippen LogP contribution in [0.25, 0.3) is 11.2 Å². The van der Waals surface area contributed by atoms with Gasteiger partial charge in [-0.2, -0.15) is 0 Å². The van der Waals surface area contributed by atoms with E-state index in [1.807, 2.05) is 17.6 Å². The molecule has 2 aromatic rings. The van der Waals surface area contributed by atoms with Gasteiger partial charge in [-0.05, 0) is 65.0 Å². The van der Waals surface area contributed by atoms with E-state index in [-0.39, 0.29) is 11.5 Å². The smallest absolute Gasteiger partial charge is 0.229 e. The van der Waals surface area contributed by atoms with Crippen LogP contribution >= 0.6 is 11.6 Å². The highest BCUT2D eigenvalue weighted by Crippen LogP contribution is 2.40. The zero-order valence-electron chi connectivity index (χ0n) is 15.5. The van der Waals surface area contributed by atoms with E-state index in [0.29, 0.717) is 23.6 Å². The maximum absolute atomic E-state index is 12.7. The fraction of sp³-hybridized carbons (Fsp3) is 0.632. The third-order valence-electron chi connectivity index (χ3n) is 5.51. The second-order valence-corrected chi connectivity index (χ2v) is 8.79. The summed E-state index contributed by atoms with van der Waals surface area (Å²) in [5.41, 5.74) is 0.889. The maximum Gasteiger partial charge on any atom is 0.229 e. The average molecular weight is 377 g/mol. The highest BCUT2D eigenvalue weighted by molar-refractivity contribution is 6.29. The molecule has 0 spiro atoms. The molecule has 1 aliphatic carbocycles. The number of anilines is 1. The number of carbonyl (C=O) groups is 1. The number of hydrogen-bond acceptors (Lipinski definition) is 4. The lowest BCUT2D eigenvalue weighted by Gasteiger charge is -2.29. The second-order valence-electron chi connectivity index (χ2n) is 8.40. The minimum atomic E-state index is -0.428. The largest absolute Gasteiger partial charge is 0.369 e. The lowest BCUT2D eigenvalue weighted by molar-refractivity contribution is -0.126. The standard InChI is InChI=1S/C19H25ClN4O2/c1-18(2)9-10-19(3,26-18)11-15(25)23-17-21-13-7-8-14(20)22-16(13)24(17)12-5-4-6-12/h7-8,12H,4-6,9-11H2,1-3H3,(H,21,23,25). The predicted molar refractivity (Wildman–Crippen MR) is 101 cm³/mol. The number of nitrogens with one attached hydrogen (secondary N) is 1. The third-order valence-corrected chi connectivity index (χ3v) is 5.72. The van der Waals surface area contributed by atoms with Crippen LogP contribution < -0.4 is 5.32 Å². The van der Waals surface area contributed by atoms with Gasteiger partial charge in [0.1, 0.15) is 10.7 Å². The van der Waals surface area contributed by atoms with E-state index in [1.165, 1.54) is 6.42 Å². The number of carbonyl (C=O) groups excluding carboxylic acids is 1. The number of amides is 1. The molecule has 1 amide bonds. The van der Waals surface area contributed by atoms with Crippen molar-refractivity contribution in [3.63, 3.8) is 0 Å². The molecule has 1 atom stereocenters. The molecule has 1 N–H and O–H groups in total. The van der Waals surface area contributed by atoms with E-state index in [9.17, 15) is 4.79 Å². The first-order valence-electron chi connectivity index (χ1n) is 9.29. The molecular formula is C19H25ClN4O2. The zero-order valence-corrected chi connectivity index (χ0v) is 16.3. The van der Waals surface area contributed by atoms with E-state index in [4.69, 9.17) is 16.3 Å². The molecule has 3 heterocycles. The lowest BCUT2D eigenvalue weighted by atomic mass is 9.93. The quantitative estimate of drug-likeness (QED) is 0.798. The number of hydrogen-bond donors (Lipinski definition) is 1. The van der Waals surface area contributed by atoms with Gasteiger partial charge >= 0.3 is 0 Å². The Morgan fingerprint density at radius 2 is 2.08 bits per heavy atom. The highest BCUT2D eigenvalue weighted by atomic mass is 35.5. The summed E-state index contributed by atoms with van der Waals surface area (Å²) in [6, 6.07) is 3.89. The van der Waals surface area contributed by atoms with E-state index in [2.05, 4.69) is 29.1 Å². The number of nitrogens with zero attached hydrogens (tertiary/aromatic N) is 3. The van der Waals surface area contributed by atoms with Gasteiger partial charge in [0, 0.05) is 6.04 Å². The molecule has 26 heavy (non-hydrogen) atoms. The molecule has 1 saturated carbocycles. The molecule has 1 saturated heterocycles. The molecule has 0 bridgehead atoms. The zero-order chi connectivity index (χ0) is 18.5. The Hall–Kier alpha value is -1.66. The summed E-state index contributed by atoms with van der Waals surface area (Å²) in [4.78, 5) is 21.7. The highest BCUT2D eigenvalue weighted by Gasteiger charge is 2.42. The molecule has 2 aromatic heterocycles. The summed E-state index contributed by atoms with van der Waals surface area (Å²) >= 11 is 6.07. The average Bonchev–Trinajstić information content (AvgIpc) is 2.95. The van der Waals surface area contributed by atoms with Crippen LogP contribution in [0, 0.1) is 0 Å². The van der Waals surface area contributed by atoms with Gasteiger partial charge in [-0.15, -0.1) is 0 Å². The number of rotatable bonds is 4. The maximum atomic E-state index is 12.7. The van der Waals surface area contributed by atoms with Crippen LogP contribution in [-0.4, -0.2) is 31.6 Å². The number of ether oxygens (including phenoxy) is 1. The van der Waals surface area contributed by atoms with Crippen molar-refractivity contribution in [3.05, 3.63) is 17.3 Å². The first kappa shape index (κ1) is 17.7. The molecule has 4 rings (SSSR count). The number of imidazole rings is 1. The van der Waals surface area contributed by atoms with Gasteiger partial charge in [-0.3, -0.25) is 14.7 Å². The normalized spacial score (nSPS) is 25.4. The van der Waals surface area contributed by atoms with E-state index in [0.717, 1.165) is 36.8 Å². The minimum Gasteiger partial charge on any atom is -0.369 e. The lowest BCUT2D eigenvalue weighted by Crippen LogP contribution is -2.34. The topological polar surface area (TPSA) is 69.0 Å². The third kappa shape index (κ3) is 3.32. The van der Waals surface area contributed by atoms with Crippen molar-refractivity contribution < 1.29 is 9.53 Å². The Balaban J connectivity index is 1.58. The Labute approximate surface area is 158 Å². The van der Waals surface area contributed by atoms with Gasteiger partial charge in [0.05, 0.1) is 17.6 Å². The van der Waals surface area contributed by atoms with Crippen molar-refractivity contribution in [2.45, 2.75) is 76.5 Å². The number of halogens is 1. The minimum absolute atomic E-state index is 0.0767. The van der Waals surface area contributed by atoms with Crippen molar-refractivity contribution in [1.82, 2.24) is 14.5 Å². The predicted octanol–water partition coefficient (Wildman–Crippen LogP) is 4.49. The van der Waals surface area contributed by atoms with Crippen LogP contribution in [-0.2, 0) is 9.53 Å². The van der Waals surface area contributed by atoms with Gasteiger partial charge < -0.3 is 4.74 Å². The van der Waals surface area contributed by atoms with Crippen molar-refractivity contribution in [2.75, 3.05) is 5.32 Å². The molecule has 1 aliphatic heterocycles. The molecule has 140 valence electrons. The molecule has 2 aliphatic rings. The van der Waals surface area contributed by atoms with Gasteiger partial charge in [0.15, 0.2) is 5.65 Å². The first-order valence-corrected chi connectivity index (χ1v) is 9.67. The fourth-order valence-corrected chi connectivity index (χ4v) is 4.14. The molecule has 0 radical (unpaired) electrons. The van der Waals surface area contributed by atoms with Gasteiger partial charge in [-0.25, -0.2) is 9.97 Å². The molecule has 6 nitrogen and oxygen atoms in total. The molecule has 7 heteroatoms. The van der Waals surface area contributed by atoms with Crippen LogP contribution in [0.2, 0.25) is 5.15 Å². The number of pyridine rings is 1. The van der Waals surface area contributed by atoms with E-state index in [1.54, 1.807) is 6.07 Å². The van der Waals surface area contributed by atoms with Crippen molar-refractivity contribution in [3.8, 4) is 0 Å². The number of fused-ring (bicyclic) bond motifs is 1. The SMILES string of the molecule is CC1(C)CCC(C)(CC(=O)Nc2nc3ccc(Cl)nc3n2C2CCC2)O1. The van der Waals surface area contributed by atoms with Crippen molar-refractivity contribution in [2.24, 2.45) is 0 Å². The summed E-state index contributed by atoms with van der Waals surface area (Å²) in [6.45, 7) is 6.15. The van der Waals surface area contributed by atoms with Gasteiger partial charge in [-0.1, -0.05) is 11.6 Å². The molecule has 0 aromatic carbocycles. The van der Waals surface area contributed by atoms with Crippen molar-refractivity contribution in [1.29, 1.82) is 0 Å². The number of aromatic nitrogens is 3. The summed E-state index contributed by atoms with van der Waals surface area (Å²) in [5, 5.41) is 3.43. The Morgan fingerprint density at radius 3 is 2.69 bits per heavy atom. The molecule has 2 fully saturated rings. The van der Waals surface area contributed by atoms with Crippen LogP contribution in [0.1, 0.15) is 65.3 Å². The Bertz CT molecular complexity index is 859. The molecule has 1 unspecified atom stereocenters. The summed E-state index contributed by atoms with van der Waals surface area (Å²) in [6.07, 6.45) is 5.47. The van der Waals surface area contributed by atoms with E-state index < -0.39 is 5.60 Å². The van der Waals surface area contributed by atoms with Gasteiger partial charge in [0.2, 0.25) is 11.9 Å². The summed E-state index contributed by atoms with van der Waals surface area (Å²) in [7, 11) is 0. The second kappa shape index (κ2) is 6.20. The van der Waals surface area contributed by atoms with Crippen LogP contribution in [0.5, 0.6) is 0 Å².